The van der Waals surface area contributed by atoms with Crippen molar-refractivity contribution in [2.24, 2.45) is 0 Å². The molecule has 2 aromatic rings. The van der Waals surface area contributed by atoms with E-state index in [0.717, 1.165) is 29.7 Å². The molecule has 100 valence electrons. The van der Waals surface area contributed by atoms with Crippen LogP contribution >= 0.6 is 11.3 Å². The second-order valence-electron chi connectivity index (χ2n) is 5.03. The van der Waals surface area contributed by atoms with Crippen LogP contribution in [0.1, 0.15) is 44.9 Å². The number of carbonyl (C=O) groups is 1. The molecule has 0 radical (unpaired) electrons. The third kappa shape index (κ3) is 2.18. The molecule has 0 saturated carbocycles. The summed E-state index contributed by atoms with van der Waals surface area (Å²) in [6.07, 6.45) is 4.57. The van der Waals surface area contributed by atoms with E-state index in [4.69, 9.17) is 0 Å². The molecule has 0 aliphatic heterocycles. The first-order valence-electron chi connectivity index (χ1n) is 6.59. The zero-order chi connectivity index (χ0) is 13.4. The number of hydrogen-bond acceptors (Lipinski definition) is 3. The van der Waals surface area contributed by atoms with E-state index in [1.165, 1.54) is 23.3 Å². The van der Waals surface area contributed by atoms with Crippen LogP contribution in [0.15, 0.2) is 5.38 Å². The van der Waals surface area contributed by atoms with Crippen LogP contribution in [0.3, 0.4) is 0 Å². The van der Waals surface area contributed by atoms with Gasteiger partial charge in [-0.1, -0.05) is 0 Å². The highest BCUT2D eigenvalue weighted by molar-refractivity contribution is 7.10. The van der Waals surface area contributed by atoms with Crippen LogP contribution in [-0.2, 0) is 12.8 Å². The predicted molar refractivity (Wildman–Crippen MR) is 77.0 cm³/mol. The minimum absolute atomic E-state index is 0.0333. The number of H-pyrrole nitrogens is 1. The average molecular weight is 275 g/mol. The second-order valence-corrected chi connectivity index (χ2v) is 6.00. The molecule has 1 amide bonds. The lowest BCUT2D eigenvalue weighted by Crippen LogP contribution is -2.15. The molecule has 0 saturated heterocycles. The lowest BCUT2D eigenvalue weighted by Gasteiger charge is -2.12. The zero-order valence-electron chi connectivity index (χ0n) is 11.2. The Morgan fingerprint density at radius 2 is 2.16 bits per heavy atom. The Hall–Kier alpha value is -1.62. The summed E-state index contributed by atoms with van der Waals surface area (Å²) in [5.41, 5.74) is 4.07. The number of aryl methyl sites for hydroxylation is 2. The molecular weight excluding hydrogens is 258 g/mol. The van der Waals surface area contributed by atoms with Crippen LogP contribution in [0.5, 0.6) is 0 Å². The molecule has 1 aliphatic carbocycles. The van der Waals surface area contributed by atoms with Gasteiger partial charge in [0.15, 0.2) is 5.82 Å². The number of nitrogens with one attached hydrogen (secondary N) is 2. The Balaban J connectivity index is 1.85. The van der Waals surface area contributed by atoms with E-state index >= 15 is 0 Å². The number of nitrogens with zero attached hydrogens (tertiary/aromatic N) is 1. The van der Waals surface area contributed by atoms with Crippen molar-refractivity contribution in [1.29, 1.82) is 0 Å². The van der Waals surface area contributed by atoms with Crippen molar-refractivity contribution >= 4 is 23.1 Å². The highest BCUT2D eigenvalue weighted by Gasteiger charge is 2.21. The van der Waals surface area contributed by atoms with Gasteiger partial charge in [0.05, 0.1) is 5.56 Å². The topological polar surface area (TPSA) is 57.8 Å². The van der Waals surface area contributed by atoms with Crippen molar-refractivity contribution in [2.45, 2.75) is 39.5 Å². The standard InChI is InChI=1S/C14H17N3OS/c1-8-9(2)16-17-13(8)15-14(18)11-7-19-12-6-4-3-5-10(11)12/h7H,3-6H2,1-2H3,(H2,15,16,17,18). The molecule has 2 aromatic heterocycles. The quantitative estimate of drug-likeness (QED) is 0.884. The number of amides is 1. The molecule has 5 heteroatoms. The summed E-state index contributed by atoms with van der Waals surface area (Å²) >= 11 is 1.71. The summed E-state index contributed by atoms with van der Waals surface area (Å²) in [4.78, 5) is 13.7. The maximum atomic E-state index is 12.4. The van der Waals surface area contributed by atoms with Gasteiger partial charge in [-0.3, -0.25) is 9.89 Å². The molecule has 4 nitrogen and oxygen atoms in total. The third-order valence-corrected chi connectivity index (χ3v) is 4.88. The Morgan fingerprint density at radius 3 is 2.89 bits per heavy atom. The molecule has 3 rings (SSSR count). The number of thiophene rings is 1. The lowest BCUT2D eigenvalue weighted by molar-refractivity contribution is 0.102. The summed E-state index contributed by atoms with van der Waals surface area (Å²) in [7, 11) is 0. The lowest BCUT2D eigenvalue weighted by atomic mass is 9.95. The number of fused-ring (bicyclic) bond motifs is 1. The van der Waals surface area contributed by atoms with Gasteiger partial charge in [-0.15, -0.1) is 11.3 Å². The largest absolute Gasteiger partial charge is 0.305 e. The highest BCUT2D eigenvalue weighted by Crippen LogP contribution is 2.30. The van der Waals surface area contributed by atoms with Crippen molar-refractivity contribution in [2.75, 3.05) is 5.32 Å². The molecule has 0 unspecified atom stereocenters. The molecule has 1 aliphatic rings. The number of anilines is 1. The second kappa shape index (κ2) is 4.81. The van der Waals surface area contributed by atoms with E-state index < -0.39 is 0 Å². The number of rotatable bonds is 2. The normalized spacial score (nSPS) is 14.2. The first-order chi connectivity index (χ1) is 9.16. The maximum absolute atomic E-state index is 12.4. The summed E-state index contributed by atoms with van der Waals surface area (Å²) in [5.74, 6) is 0.604. The van der Waals surface area contributed by atoms with E-state index in [2.05, 4.69) is 15.5 Å². The predicted octanol–water partition coefficient (Wildman–Crippen LogP) is 3.22. The van der Waals surface area contributed by atoms with Crippen LogP contribution in [0.2, 0.25) is 0 Å². The van der Waals surface area contributed by atoms with Gasteiger partial charge >= 0.3 is 0 Å². The van der Waals surface area contributed by atoms with Crippen LogP contribution in [0.4, 0.5) is 5.82 Å². The van der Waals surface area contributed by atoms with Crippen LogP contribution < -0.4 is 5.32 Å². The number of aromatic amines is 1. The van der Waals surface area contributed by atoms with Gasteiger partial charge in [0.1, 0.15) is 0 Å². The molecule has 0 aromatic carbocycles. The van der Waals surface area contributed by atoms with Gasteiger partial charge in [0, 0.05) is 21.5 Å². The van der Waals surface area contributed by atoms with Crippen LogP contribution in [0.25, 0.3) is 0 Å². The van der Waals surface area contributed by atoms with Gasteiger partial charge in [-0.25, -0.2) is 0 Å². The average Bonchev–Trinajstić information content (AvgIpc) is 2.97. The molecule has 2 heterocycles. The Kier molecular flexibility index (Phi) is 3.14. The number of aromatic nitrogens is 2. The zero-order valence-corrected chi connectivity index (χ0v) is 12.0. The van der Waals surface area contributed by atoms with Crippen molar-refractivity contribution in [3.8, 4) is 0 Å². The Morgan fingerprint density at radius 1 is 1.37 bits per heavy atom. The SMILES string of the molecule is Cc1[nH]nc(NC(=O)c2csc3c2CCCC3)c1C. The number of carbonyl (C=O) groups excluding carboxylic acids is 1. The fraction of sp³-hybridized carbons (Fsp3) is 0.429. The number of hydrogen-bond donors (Lipinski definition) is 2. The van der Waals surface area contributed by atoms with Gasteiger partial charge in [-0.05, 0) is 45.1 Å². The minimum atomic E-state index is -0.0333. The Labute approximate surface area is 116 Å². The molecule has 19 heavy (non-hydrogen) atoms. The van der Waals surface area contributed by atoms with E-state index in [-0.39, 0.29) is 5.91 Å². The van der Waals surface area contributed by atoms with Crippen LogP contribution in [0, 0.1) is 13.8 Å². The van der Waals surface area contributed by atoms with Gasteiger partial charge in [-0.2, -0.15) is 5.10 Å². The van der Waals surface area contributed by atoms with E-state index in [1.807, 2.05) is 19.2 Å². The van der Waals surface area contributed by atoms with Crippen molar-refractivity contribution in [3.63, 3.8) is 0 Å². The minimum Gasteiger partial charge on any atom is -0.305 e. The first kappa shape index (κ1) is 12.4. The monoisotopic (exact) mass is 275 g/mol. The molecule has 0 fully saturated rings. The fourth-order valence-electron chi connectivity index (χ4n) is 2.47. The van der Waals surface area contributed by atoms with E-state index in [9.17, 15) is 4.79 Å². The molecule has 0 atom stereocenters. The summed E-state index contributed by atoms with van der Waals surface area (Å²) in [5, 5.41) is 11.9. The van der Waals surface area contributed by atoms with Crippen molar-refractivity contribution in [1.82, 2.24) is 10.2 Å². The molecule has 2 N–H and O–H groups in total. The summed E-state index contributed by atoms with van der Waals surface area (Å²) in [6, 6.07) is 0. The van der Waals surface area contributed by atoms with E-state index in [1.54, 1.807) is 11.3 Å². The summed E-state index contributed by atoms with van der Waals surface area (Å²) in [6.45, 7) is 3.90. The molecule has 0 spiro atoms. The van der Waals surface area contributed by atoms with Crippen LogP contribution in [-0.4, -0.2) is 16.1 Å². The molecular formula is C14H17N3OS. The third-order valence-electron chi connectivity index (χ3n) is 3.79. The Bertz CT molecular complexity index is 627. The first-order valence-corrected chi connectivity index (χ1v) is 7.47. The molecule has 0 bridgehead atoms. The van der Waals surface area contributed by atoms with E-state index in [0.29, 0.717) is 5.82 Å². The summed E-state index contributed by atoms with van der Waals surface area (Å²) < 4.78 is 0. The fourth-order valence-corrected chi connectivity index (χ4v) is 3.59. The van der Waals surface area contributed by atoms with Crippen molar-refractivity contribution < 1.29 is 4.79 Å². The smallest absolute Gasteiger partial charge is 0.258 e. The maximum Gasteiger partial charge on any atom is 0.258 e. The highest BCUT2D eigenvalue weighted by atomic mass is 32.1. The van der Waals surface area contributed by atoms with Gasteiger partial charge in [0.2, 0.25) is 0 Å². The van der Waals surface area contributed by atoms with Gasteiger partial charge in [0.25, 0.3) is 5.91 Å². The van der Waals surface area contributed by atoms with Crippen molar-refractivity contribution in [3.05, 3.63) is 32.6 Å². The van der Waals surface area contributed by atoms with Gasteiger partial charge < -0.3 is 5.32 Å².